The van der Waals surface area contributed by atoms with Crippen LogP contribution in [0.2, 0.25) is 5.02 Å². The Morgan fingerprint density at radius 1 is 1.05 bits per heavy atom. The number of thioether (sulfide) groups is 1. The molecule has 0 radical (unpaired) electrons. The molecule has 0 amide bonds. The minimum atomic E-state index is 0.584. The largest absolute Gasteiger partial charge is 0.228 e. The molecule has 3 rings (SSSR count). The minimum absolute atomic E-state index is 0.584. The van der Waals surface area contributed by atoms with E-state index >= 15 is 0 Å². The number of benzene rings is 2. The maximum atomic E-state index is 5.93. The molecule has 4 heteroatoms. The Labute approximate surface area is 132 Å². The number of hydrogen-bond acceptors (Lipinski definition) is 3. The fourth-order valence-corrected chi connectivity index (χ4v) is 2.82. The molecule has 0 saturated heterocycles. The third-order valence-corrected chi connectivity index (χ3v) is 4.11. The number of aromatic nitrogens is 2. The van der Waals surface area contributed by atoms with E-state index in [1.807, 2.05) is 48.5 Å². The number of nitrogens with zero attached hydrogens (tertiary/aromatic N) is 2. The lowest BCUT2D eigenvalue weighted by molar-refractivity contribution is 1.11. The molecule has 1 heterocycles. The van der Waals surface area contributed by atoms with Crippen molar-refractivity contribution in [3.8, 4) is 23.7 Å². The molecule has 0 atom stereocenters. The molecule has 0 aliphatic heterocycles. The van der Waals surface area contributed by atoms with Crippen molar-refractivity contribution in [1.29, 1.82) is 0 Å². The molecular weight excluding hydrogens is 300 g/mol. The molecule has 2 nitrogen and oxygen atoms in total. The van der Waals surface area contributed by atoms with E-state index in [2.05, 4.69) is 15.9 Å². The Morgan fingerprint density at radius 2 is 1.81 bits per heavy atom. The first-order valence-electron chi connectivity index (χ1n) is 6.37. The van der Waals surface area contributed by atoms with Crippen LogP contribution in [0.1, 0.15) is 0 Å². The van der Waals surface area contributed by atoms with E-state index in [-0.39, 0.29) is 0 Å². The van der Waals surface area contributed by atoms with Crippen LogP contribution in [0.3, 0.4) is 0 Å². The predicted molar refractivity (Wildman–Crippen MR) is 89.5 cm³/mol. The van der Waals surface area contributed by atoms with Gasteiger partial charge < -0.3 is 0 Å². The summed E-state index contributed by atoms with van der Waals surface area (Å²) in [5, 5.41) is 2.63. The van der Waals surface area contributed by atoms with Gasteiger partial charge in [0.25, 0.3) is 0 Å². The highest BCUT2D eigenvalue weighted by Crippen LogP contribution is 2.28. The second-order valence-electron chi connectivity index (χ2n) is 4.37. The fraction of sp³-hybridized carbons (Fsp3) is 0.0588. The fourth-order valence-electron chi connectivity index (χ4n) is 2.00. The first kappa shape index (κ1) is 13.9. The Morgan fingerprint density at radius 3 is 2.57 bits per heavy atom. The number of fused-ring (bicyclic) bond motifs is 1. The van der Waals surface area contributed by atoms with Crippen molar-refractivity contribution in [2.75, 3.05) is 5.75 Å². The smallest absolute Gasteiger partial charge is 0.161 e. The topological polar surface area (TPSA) is 25.8 Å². The molecular formula is C17H11ClN2S. The van der Waals surface area contributed by atoms with Crippen molar-refractivity contribution in [3.63, 3.8) is 0 Å². The molecule has 0 saturated carbocycles. The van der Waals surface area contributed by atoms with Crippen molar-refractivity contribution < 1.29 is 0 Å². The number of rotatable bonds is 3. The van der Waals surface area contributed by atoms with Crippen LogP contribution < -0.4 is 0 Å². The van der Waals surface area contributed by atoms with Crippen molar-refractivity contribution in [3.05, 3.63) is 53.6 Å². The third-order valence-electron chi connectivity index (χ3n) is 2.96. The SMILES string of the molecule is C#CCSc1nc(-c2ccc(Cl)cc2)nc2ccccc12. The van der Waals surface area contributed by atoms with Gasteiger partial charge in [0.15, 0.2) is 5.82 Å². The van der Waals surface area contributed by atoms with Crippen molar-refractivity contribution in [1.82, 2.24) is 9.97 Å². The van der Waals surface area contributed by atoms with Gasteiger partial charge in [-0.3, -0.25) is 0 Å². The molecule has 0 bridgehead atoms. The van der Waals surface area contributed by atoms with Crippen molar-refractivity contribution >= 4 is 34.3 Å². The summed E-state index contributed by atoms with van der Waals surface area (Å²) >= 11 is 7.48. The number of hydrogen-bond donors (Lipinski definition) is 0. The maximum Gasteiger partial charge on any atom is 0.161 e. The van der Waals surface area contributed by atoms with Crippen LogP contribution in [-0.4, -0.2) is 15.7 Å². The molecule has 0 N–H and O–H groups in total. The molecule has 0 spiro atoms. The highest BCUT2D eigenvalue weighted by molar-refractivity contribution is 7.99. The summed E-state index contributed by atoms with van der Waals surface area (Å²) in [5.41, 5.74) is 1.85. The zero-order valence-electron chi connectivity index (χ0n) is 11.1. The van der Waals surface area contributed by atoms with E-state index in [9.17, 15) is 0 Å². The Kier molecular flexibility index (Phi) is 4.10. The molecule has 2 aromatic carbocycles. The van der Waals surface area contributed by atoms with Gasteiger partial charge in [-0.1, -0.05) is 47.5 Å². The monoisotopic (exact) mass is 310 g/mol. The molecule has 3 aromatic rings. The maximum absolute atomic E-state index is 5.93. The summed E-state index contributed by atoms with van der Waals surface area (Å²) in [6.07, 6.45) is 5.36. The Balaban J connectivity index is 2.15. The molecule has 1 aromatic heterocycles. The number of halogens is 1. The summed E-state index contributed by atoms with van der Waals surface area (Å²) < 4.78 is 0. The zero-order valence-corrected chi connectivity index (χ0v) is 12.7. The van der Waals surface area contributed by atoms with Gasteiger partial charge in [0, 0.05) is 16.0 Å². The minimum Gasteiger partial charge on any atom is -0.228 e. The average molecular weight is 311 g/mol. The van der Waals surface area contributed by atoms with E-state index < -0.39 is 0 Å². The second-order valence-corrected chi connectivity index (χ2v) is 5.77. The van der Waals surface area contributed by atoms with Gasteiger partial charge in [0.1, 0.15) is 5.03 Å². The van der Waals surface area contributed by atoms with Gasteiger partial charge >= 0.3 is 0 Å². The molecule has 0 aliphatic rings. The highest BCUT2D eigenvalue weighted by atomic mass is 35.5. The summed E-state index contributed by atoms with van der Waals surface area (Å²) in [7, 11) is 0. The van der Waals surface area contributed by atoms with E-state index in [0.717, 1.165) is 21.5 Å². The van der Waals surface area contributed by atoms with E-state index in [1.165, 1.54) is 0 Å². The van der Waals surface area contributed by atoms with Crippen LogP contribution in [-0.2, 0) is 0 Å². The standard InChI is InChI=1S/C17H11ClN2S/c1-2-11-21-17-14-5-3-4-6-15(14)19-16(20-17)12-7-9-13(18)10-8-12/h1,3-10H,11H2. The second kappa shape index (κ2) is 6.17. The normalized spacial score (nSPS) is 10.5. The van der Waals surface area contributed by atoms with Gasteiger partial charge in [-0.05, 0) is 30.3 Å². The summed E-state index contributed by atoms with van der Waals surface area (Å²) in [4.78, 5) is 9.28. The first-order chi connectivity index (χ1) is 10.3. The summed E-state index contributed by atoms with van der Waals surface area (Å²) in [6, 6.07) is 15.5. The van der Waals surface area contributed by atoms with Gasteiger partial charge in [-0.15, -0.1) is 6.42 Å². The molecule has 0 aliphatic carbocycles. The Hall–Kier alpha value is -2.02. The lowest BCUT2D eigenvalue weighted by Crippen LogP contribution is -1.94. The van der Waals surface area contributed by atoms with Crippen LogP contribution in [0, 0.1) is 12.3 Å². The van der Waals surface area contributed by atoms with Crippen LogP contribution in [0.4, 0.5) is 0 Å². The van der Waals surface area contributed by atoms with Gasteiger partial charge in [0.2, 0.25) is 0 Å². The lowest BCUT2D eigenvalue weighted by Gasteiger charge is -2.07. The Bertz CT molecular complexity index is 822. The summed E-state index contributed by atoms with van der Waals surface area (Å²) in [5.74, 6) is 3.90. The molecule has 0 fully saturated rings. The zero-order chi connectivity index (χ0) is 14.7. The lowest BCUT2D eigenvalue weighted by atomic mass is 10.2. The molecule has 102 valence electrons. The highest BCUT2D eigenvalue weighted by Gasteiger charge is 2.09. The van der Waals surface area contributed by atoms with Gasteiger partial charge in [0.05, 0.1) is 11.3 Å². The number of para-hydroxylation sites is 1. The van der Waals surface area contributed by atoms with Crippen LogP contribution in [0.5, 0.6) is 0 Å². The van der Waals surface area contributed by atoms with E-state index in [1.54, 1.807) is 11.8 Å². The predicted octanol–water partition coefficient (Wildman–Crippen LogP) is 4.68. The number of terminal acetylenes is 1. The van der Waals surface area contributed by atoms with E-state index in [4.69, 9.17) is 18.0 Å². The van der Waals surface area contributed by atoms with Crippen LogP contribution in [0.15, 0.2) is 53.6 Å². The van der Waals surface area contributed by atoms with E-state index in [0.29, 0.717) is 16.6 Å². The molecule has 0 unspecified atom stereocenters. The molecule has 21 heavy (non-hydrogen) atoms. The van der Waals surface area contributed by atoms with Gasteiger partial charge in [-0.2, -0.15) is 0 Å². The van der Waals surface area contributed by atoms with Gasteiger partial charge in [-0.25, -0.2) is 9.97 Å². The summed E-state index contributed by atoms with van der Waals surface area (Å²) in [6.45, 7) is 0. The first-order valence-corrected chi connectivity index (χ1v) is 7.73. The third kappa shape index (κ3) is 3.02. The van der Waals surface area contributed by atoms with Crippen LogP contribution in [0.25, 0.3) is 22.3 Å². The average Bonchev–Trinajstić information content (AvgIpc) is 2.53. The quantitative estimate of drug-likeness (QED) is 0.399. The van der Waals surface area contributed by atoms with Crippen LogP contribution >= 0.6 is 23.4 Å². The van der Waals surface area contributed by atoms with Crippen molar-refractivity contribution in [2.45, 2.75) is 5.03 Å². The van der Waals surface area contributed by atoms with Crippen molar-refractivity contribution in [2.24, 2.45) is 0 Å².